The van der Waals surface area contributed by atoms with Gasteiger partial charge < -0.3 is 30.7 Å². The van der Waals surface area contributed by atoms with Crippen LogP contribution < -0.4 is 16.0 Å². The van der Waals surface area contributed by atoms with E-state index in [4.69, 9.17) is 9.84 Å². The summed E-state index contributed by atoms with van der Waals surface area (Å²) in [7, 11) is 0. The van der Waals surface area contributed by atoms with Crippen molar-refractivity contribution in [1.29, 1.82) is 0 Å². The summed E-state index contributed by atoms with van der Waals surface area (Å²) in [6, 6.07) is -0.738. The molecule has 1 atom stereocenters. The van der Waals surface area contributed by atoms with Crippen LogP contribution in [0, 0.1) is 11.8 Å². The van der Waals surface area contributed by atoms with Crippen molar-refractivity contribution in [2.75, 3.05) is 26.2 Å². The molecule has 1 aliphatic heterocycles. The summed E-state index contributed by atoms with van der Waals surface area (Å²) in [6.07, 6.45) is 0.187. The Hall–Kier alpha value is -2.85. The van der Waals surface area contributed by atoms with E-state index in [1.165, 1.54) is 0 Å². The molecule has 4 N–H and O–H groups in total. The van der Waals surface area contributed by atoms with Crippen molar-refractivity contribution in [2.24, 2.45) is 11.8 Å². The molecule has 0 bridgehead atoms. The van der Waals surface area contributed by atoms with Crippen molar-refractivity contribution >= 4 is 29.8 Å². The zero-order chi connectivity index (χ0) is 23.8. The highest BCUT2D eigenvalue weighted by atomic mass is 16.6. The van der Waals surface area contributed by atoms with Crippen molar-refractivity contribution in [3.05, 3.63) is 0 Å². The van der Waals surface area contributed by atoms with E-state index >= 15 is 0 Å². The molecule has 0 aromatic rings. The van der Waals surface area contributed by atoms with Gasteiger partial charge in [0.05, 0.1) is 6.54 Å². The number of carboxylic acid groups (broad SMARTS) is 1. The van der Waals surface area contributed by atoms with Gasteiger partial charge in [0.25, 0.3) is 0 Å². The molecule has 11 heteroatoms. The Bertz CT molecular complexity index is 680. The fourth-order valence-electron chi connectivity index (χ4n) is 3.06. The summed E-state index contributed by atoms with van der Waals surface area (Å²) < 4.78 is 5.24. The normalized spacial score (nSPS) is 15.7. The lowest BCUT2D eigenvalue weighted by Crippen LogP contribution is -2.54. The molecule has 0 aromatic carbocycles. The Morgan fingerprint density at radius 2 is 1.61 bits per heavy atom. The fraction of sp³-hybridized carbons (Fsp3) is 0.750. The standard InChI is InChI=1S/C20H34N4O7/c1-12(2)16(23-19(30)31-20(3,4)5)18(29)24-8-6-13(7-9-24)17(28)22-10-14(25)21-11-15(26)27/h12-13,16H,6-11H2,1-5H3,(H,21,25)(H,22,28)(H,23,30)(H,26,27). The van der Waals surface area contributed by atoms with E-state index in [1.807, 2.05) is 13.8 Å². The number of alkyl carbamates (subject to hydrolysis) is 1. The maximum absolute atomic E-state index is 12.9. The number of likely N-dealkylation sites (tertiary alicyclic amines) is 1. The molecule has 1 fully saturated rings. The van der Waals surface area contributed by atoms with Crippen LogP contribution >= 0.6 is 0 Å². The summed E-state index contributed by atoms with van der Waals surface area (Å²) in [4.78, 5) is 60.8. The monoisotopic (exact) mass is 442 g/mol. The Balaban J connectivity index is 2.52. The SMILES string of the molecule is CC(C)C(NC(=O)OC(C)(C)C)C(=O)N1CCC(C(=O)NCC(=O)NCC(=O)O)CC1. The number of piperidine rings is 1. The van der Waals surface area contributed by atoms with Gasteiger partial charge in [-0.3, -0.25) is 19.2 Å². The van der Waals surface area contributed by atoms with Crippen LogP contribution in [-0.4, -0.2) is 77.6 Å². The summed E-state index contributed by atoms with van der Waals surface area (Å²) in [5, 5.41) is 15.8. The van der Waals surface area contributed by atoms with E-state index in [2.05, 4.69) is 16.0 Å². The van der Waals surface area contributed by atoms with Crippen LogP contribution in [-0.2, 0) is 23.9 Å². The first-order valence-electron chi connectivity index (χ1n) is 10.3. The number of hydrogen-bond acceptors (Lipinski definition) is 6. The van der Waals surface area contributed by atoms with Crippen LogP contribution in [0.3, 0.4) is 0 Å². The molecule has 4 amide bonds. The van der Waals surface area contributed by atoms with Gasteiger partial charge in [-0.2, -0.15) is 0 Å². The second kappa shape index (κ2) is 11.5. The van der Waals surface area contributed by atoms with Gasteiger partial charge in [0.15, 0.2) is 0 Å². The number of carbonyl (C=O) groups is 5. The molecule has 1 unspecified atom stereocenters. The summed E-state index contributed by atoms with van der Waals surface area (Å²) in [6.45, 7) is 8.76. The number of carbonyl (C=O) groups excluding carboxylic acids is 4. The molecule has 1 rings (SSSR count). The van der Waals surface area contributed by atoms with Gasteiger partial charge in [0.1, 0.15) is 18.2 Å². The van der Waals surface area contributed by atoms with Crippen LogP contribution in [0.1, 0.15) is 47.5 Å². The van der Waals surface area contributed by atoms with Crippen LogP contribution in [0.15, 0.2) is 0 Å². The number of amides is 4. The number of ether oxygens (including phenoxy) is 1. The number of nitrogens with one attached hydrogen (secondary N) is 3. The third-order valence-electron chi connectivity index (χ3n) is 4.64. The van der Waals surface area contributed by atoms with Gasteiger partial charge in [-0.15, -0.1) is 0 Å². The third kappa shape index (κ3) is 9.67. The van der Waals surface area contributed by atoms with Crippen molar-refractivity contribution in [3.63, 3.8) is 0 Å². The summed E-state index contributed by atoms with van der Waals surface area (Å²) >= 11 is 0. The molecule has 0 saturated carbocycles. The number of rotatable bonds is 8. The average molecular weight is 443 g/mol. The highest BCUT2D eigenvalue weighted by molar-refractivity contribution is 5.88. The van der Waals surface area contributed by atoms with Crippen LogP contribution in [0.25, 0.3) is 0 Å². The maximum atomic E-state index is 12.9. The first-order chi connectivity index (χ1) is 14.3. The molecular weight excluding hydrogens is 408 g/mol. The second-order valence-corrected chi connectivity index (χ2v) is 8.86. The third-order valence-corrected chi connectivity index (χ3v) is 4.64. The Morgan fingerprint density at radius 1 is 1.03 bits per heavy atom. The molecule has 31 heavy (non-hydrogen) atoms. The quantitative estimate of drug-likeness (QED) is 0.415. The molecule has 0 aliphatic carbocycles. The lowest BCUT2D eigenvalue weighted by molar-refractivity contribution is -0.139. The topological polar surface area (TPSA) is 154 Å². The van der Waals surface area contributed by atoms with Crippen molar-refractivity contribution in [3.8, 4) is 0 Å². The Labute approximate surface area is 182 Å². The van der Waals surface area contributed by atoms with Crippen molar-refractivity contribution in [1.82, 2.24) is 20.9 Å². The van der Waals surface area contributed by atoms with Crippen molar-refractivity contribution in [2.45, 2.75) is 59.1 Å². The van der Waals surface area contributed by atoms with E-state index < -0.39 is 36.2 Å². The van der Waals surface area contributed by atoms with E-state index in [-0.39, 0.29) is 30.2 Å². The van der Waals surface area contributed by atoms with E-state index in [9.17, 15) is 24.0 Å². The number of hydrogen-bond donors (Lipinski definition) is 4. The maximum Gasteiger partial charge on any atom is 0.408 e. The van der Waals surface area contributed by atoms with Gasteiger partial charge in [0, 0.05) is 19.0 Å². The molecule has 0 radical (unpaired) electrons. The first-order valence-corrected chi connectivity index (χ1v) is 10.3. The Kier molecular flexibility index (Phi) is 9.73. The first kappa shape index (κ1) is 26.2. The zero-order valence-corrected chi connectivity index (χ0v) is 18.8. The van der Waals surface area contributed by atoms with E-state index in [1.54, 1.807) is 25.7 Å². The smallest absolute Gasteiger partial charge is 0.408 e. The highest BCUT2D eigenvalue weighted by Gasteiger charge is 2.34. The number of carboxylic acids is 1. The largest absolute Gasteiger partial charge is 0.480 e. The lowest BCUT2D eigenvalue weighted by Gasteiger charge is -2.35. The average Bonchev–Trinajstić information content (AvgIpc) is 2.66. The predicted molar refractivity (Wildman–Crippen MR) is 111 cm³/mol. The zero-order valence-electron chi connectivity index (χ0n) is 18.8. The molecule has 1 heterocycles. The summed E-state index contributed by atoms with van der Waals surface area (Å²) in [5.41, 5.74) is -0.676. The molecule has 176 valence electrons. The van der Waals surface area contributed by atoms with Crippen molar-refractivity contribution < 1.29 is 33.8 Å². The number of aliphatic carboxylic acids is 1. The van der Waals surface area contributed by atoms with Gasteiger partial charge in [-0.1, -0.05) is 13.8 Å². The van der Waals surface area contributed by atoms with Gasteiger partial charge in [0.2, 0.25) is 17.7 Å². The van der Waals surface area contributed by atoms with Crippen LogP contribution in [0.2, 0.25) is 0 Å². The minimum absolute atomic E-state index is 0.148. The molecule has 1 aliphatic rings. The van der Waals surface area contributed by atoms with Gasteiger partial charge in [-0.05, 0) is 39.5 Å². The van der Waals surface area contributed by atoms with Crippen LogP contribution in [0.5, 0.6) is 0 Å². The summed E-state index contributed by atoms with van der Waals surface area (Å²) in [5.74, 6) is -2.80. The molecule has 0 spiro atoms. The second-order valence-electron chi connectivity index (χ2n) is 8.86. The van der Waals surface area contributed by atoms with Gasteiger partial charge in [-0.25, -0.2) is 4.79 Å². The Morgan fingerprint density at radius 3 is 2.10 bits per heavy atom. The van der Waals surface area contributed by atoms with Gasteiger partial charge >= 0.3 is 12.1 Å². The van der Waals surface area contributed by atoms with E-state index in [0.29, 0.717) is 25.9 Å². The minimum atomic E-state index is -1.17. The molecule has 1 saturated heterocycles. The number of nitrogens with zero attached hydrogens (tertiary/aromatic N) is 1. The van der Waals surface area contributed by atoms with Crippen LogP contribution in [0.4, 0.5) is 4.79 Å². The minimum Gasteiger partial charge on any atom is -0.480 e. The fourth-order valence-corrected chi connectivity index (χ4v) is 3.06. The highest BCUT2D eigenvalue weighted by Crippen LogP contribution is 2.19. The molecule has 0 aromatic heterocycles. The predicted octanol–water partition coefficient (Wildman–Crippen LogP) is 0.0913. The molecule has 11 nitrogen and oxygen atoms in total. The lowest BCUT2D eigenvalue weighted by atomic mass is 9.94. The van der Waals surface area contributed by atoms with E-state index in [0.717, 1.165) is 0 Å². The molecular formula is C20H34N4O7.